The first-order chi connectivity index (χ1) is 15.5. The minimum atomic E-state index is -0.633. The monoisotopic (exact) mass is 452 g/mol. The Bertz CT molecular complexity index is 1030. The molecule has 1 fully saturated rings. The van der Waals surface area contributed by atoms with Crippen LogP contribution < -0.4 is 5.32 Å². The topological polar surface area (TPSA) is 74.8 Å². The molecule has 2 aromatic carbocycles. The SMILES string of the molecule is C[C@H](NC(=O)OCc1ccccc1)C(=O)N1CCN([C@H](C)c2nc3ccccc3s2)CC1. The van der Waals surface area contributed by atoms with Gasteiger partial charge in [0, 0.05) is 26.2 Å². The summed E-state index contributed by atoms with van der Waals surface area (Å²) in [5.41, 5.74) is 1.94. The number of amides is 2. The normalized spacial score (nSPS) is 16.5. The van der Waals surface area contributed by atoms with Gasteiger partial charge in [0.15, 0.2) is 0 Å². The van der Waals surface area contributed by atoms with Crippen molar-refractivity contribution in [3.05, 3.63) is 65.2 Å². The third-order valence-electron chi connectivity index (χ3n) is 5.76. The van der Waals surface area contributed by atoms with Crippen molar-refractivity contribution in [3.8, 4) is 0 Å². The van der Waals surface area contributed by atoms with Gasteiger partial charge in [-0.15, -0.1) is 11.3 Å². The first-order valence-corrected chi connectivity index (χ1v) is 11.7. The maximum atomic E-state index is 12.8. The Kier molecular flexibility index (Phi) is 7.02. The Hall–Kier alpha value is -2.97. The maximum Gasteiger partial charge on any atom is 0.408 e. The highest BCUT2D eigenvalue weighted by Gasteiger charge is 2.29. The second-order valence-corrected chi connectivity index (χ2v) is 9.05. The molecule has 7 nitrogen and oxygen atoms in total. The number of hydrogen-bond donors (Lipinski definition) is 1. The van der Waals surface area contributed by atoms with Crippen molar-refractivity contribution in [1.29, 1.82) is 0 Å². The molecule has 1 aliphatic heterocycles. The van der Waals surface area contributed by atoms with Crippen LogP contribution >= 0.6 is 11.3 Å². The fraction of sp³-hybridized carbons (Fsp3) is 0.375. The number of nitrogens with one attached hydrogen (secondary N) is 1. The molecule has 168 valence electrons. The zero-order valence-corrected chi connectivity index (χ0v) is 19.2. The van der Waals surface area contributed by atoms with E-state index in [1.54, 1.807) is 18.3 Å². The van der Waals surface area contributed by atoms with Crippen LogP contribution in [0.25, 0.3) is 10.2 Å². The van der Waals surface area contributed by atoms with Crippen LogP contribution in [0, 0.1) is 0 Å². The van der Waals surface area contributed by atoms with Gasteiger partial charge < -0.3 is 15.0 Å². The van der Waals surface area contributed by atoms with Crippen molar-refractivity contribution < 1.29 is 14.3 Å². The fourth-order valence-electron chi connectivity index (χ4n) is 3.83. The molecule has 3 aromatic rings. The van der Waals surface area contributed by atoms with Gasteiger partial charge in [-0.25, -0.2) is 9.78 Å². The summed E-state index contributed by atoms with van der Waals surface area (Å²) in [7, 11) is 0. The van der Waals surface area contributed by atoms with E-state index < -0.39 is 12.1 Å². The van der Waals surface area contributed by atoms with E-state index in [0.717, 1.165) is 29.2 Å². The fourth-order valence-corrected chi connectivity index (χ4v) is 4.89. The molecular weight excluding hydrogens is 424 g/mol. The Morgan fingerprint density at radius 3 is 2.44 bits per heavy atom. The number of carbonyl (C=O) groups excluding carboxylic acids is 2. The number of nitrogens with zero attached hydrogens (tertiary/aromatic N) is 3. The van der Waals surface area contributed by atoms with Crippen molar-refractivity contribution in [3.63, 3.8) is 0 Å². The van der Waals surface area contributed by atoms with Gasteiger partial charge in [0.05, 0.1) is 16.3 Å². The van der Waals surface area contributed by atoms with E-state index in [9.17, 15) is 9.59 Å². The minimum Gasteiger partial charge on any atom is -0.445 e. The summed E-state index contributed by atoms with van der Waals surface area (Å²) in [6.45, 7) is 6.83. The Labute approximate surface area is 192 Å². The van der Waals surface area contributed by atoms with Gasteiger partial charge in [-0.1, -0.05) is 42.5 Å². The van der Waals surface area contributed by atoms with Crippen LogP contribution in [-0.2, 0) is 16.1 Å². The molecule has 1 aromatic heterocycles. The molecule has 4 rings (SSSR count). The summed E-state index contributed by atoms with van der Waals surface area (Å²) in [5, 5.41) is 3.75. The maximum absolute atomic E-state index is 12.8. The van der Waals surface area contributed by atoms with Crippen LogP contribution in [0.1, 0.15) is 30.5 Å². The molecule has 1 aliphatic rings. The lowest BCUT2D eigenvalue weighted by atomic mass is 10.2. The second-order valence-electron chi connectivity index (χ2n) is 7.98. The zero-order valence-electron chi connectivity index (χ0n) is 18.4. The predicted molar refractivity (Wildman–Crippen MR) is 125 cm³/mol. The lowest BCUT2D eigenvalue weighted by molar-refractivity contribution is -0.135. The molecule has 2 amide bonds. The third kappa shape index (κ3) is 5.26. The smallest absolute Gasteiger partial charge is 0.408 e. The molecule has 1 saturated heterocycles. The van der Waals surface area contributed by atoms with E-state index in [1.807, 2.05) is 53.4 Å². The lowest BCUT2D eigenvalue weighted by Crippen LogP contribution is -2.54. The molecular formula is C24H28N4O3S. The van der Waals surface area contributed by atoms with Gasteiger partial charge in [0.1, 0.15) is 17.7 Å². The number of carbonyl (C=O) groups is 2. The van der Waals surface area contributed by atoms with Crippen molar-refractivity contribution in [1.82, 2.24) is 20.1 Å². The van der Waals surface area contributed by atoms with Crippen molar-refractivity contribution in [2.24, 2.45) is 0 Å². The van der Waals surface area contributed by atoms with Crippen molar-refractivity contribution >= 4 is 33.6 Å². The number of para-hydroxylation sites is 1. The lowest BCUT2D eigenvalue weighted by Gasteiger charge is -2.38. The molecule has 0 saturated carbocycles. The average molecular weight is 453 g/mol. The molecule has 8 heteroatoms. The standard InChI is InChI=1S/C24H28N4O3S/c1-17(25-24(30)31-16-19-8-4-3-5-9-19)23(29)28-14-12-27(13-15-28)18(2)22-26-20-10-6-7-11-21(20)32-22/h3-11,17-18H,12-16H2,1-2H3,(H,25,30)/t17-,18+/m0/s1. The van der Waals surface area contributed by atoms with Crippen LogP contribution in [-0.4, -0.2) is 59.0 Å². The van der Waals surface area contributed by atoms with Gasteiger partial charge in [-0.05, 0) is 31.5 Å². The number of ether oxygens (including phenoxy) is 1. The van der Waals surface area contributed by atoms with Crippen LogP contribution in [0.5, 0.6) is 0 Å². The number of alkyl carbamates (subject to hydrolysis) is 1. The van der Waals surface area contributed by atoms with Crippen LogP contribution in [0.3, 0.4) is 0 Å². The third-order valence-corrected chi connectivity index (χ3v) is 6.97. The second kappa shape index (κ2) is 10.1. The van der Waals surface area contributed by atoms with Gasteiger partial charge in [-0.3, -0.25) is 9.69 Å². The molecule has 1 N–H and O–H groups in total. The van der Waals surface area contributed by atoms with Crippen LogP contribution in [0.2, 0.25) is 0 Å². The van der Waals surface area contributed by atoms with Crippen LogP contribution in [0.15, 0.2) is 54.6 Å². The summed E-state index contributed by atoms with van der Waals surface area (Å²) < 4.78 is 6.42. The quantitative estimate of drug-likeness (QED) is 0.616. The Balaban J connectivity index is 1.24. The molecule has 32 heavy (non-hydrogen) atoms. The molecule has 0 bridgehead atoms. The largest absolute Gasteiger partial charge is 0.445 e. The summed E-state index contributed by atoms with van der Waals surface area (Å²) in [6, 6.07) is 17.2. The molecule has 0 aliphatic carbocycles. The number of thiazole rings is 1. The van der Waals surface area contributed by atoms with Gasteiger partial charge in [-0.2, -0.15) is 0 Å². The zero-order chi connectivity index (χ0) is 22.5. The summed E-state index contributed by atoms with van der Waals surface area (Å²) >= 11 is 1.73. The van der Waals surface area contributed by atoms with Gasteiger partial charge in [0.2, 0.25) is 5.91 Å². The van der Waals surface area contributed by atoms with E-state index in [1.165, 1.54) is 4.70 Å². The average Bonchev–Trinajstić information content (AvgIpc) is 3.27. The molecule has 0 unspecified atom stereocenters. The molecule has 0 spiro atoms. The number of hydrogen-bond acceptors (Lipinski definition) is 6. The van der Waals surface area contributed by atoms with E-state index in [4.69, 9.17) is 9.72 Å². The first-order valence-electron chi connectivity index (χ1n) is 10.9. The first kappa shape index (κ1) is 22.2. The van der Waals surface area contributed by atoms with Gasteiger partial charge in [0.25, 0.3) is 0 Å². The number of fused-ring (bicyclic) bond motifs is 1. The van der Waals surface area contributed by atoms with E-state index in [2.05, 4.69) is 23.2 Å². The Morgan fingerprint density at radius 2 is 1.72 bits per heavy atom. The molecule has 0 radical (unpaired) electrons. The number of piperazine rings is 1. The summed E-state index contributed by atoms with van der Waals surface area (Å²) in [5.74, 6) is -0.0889. The number of aromatic nitrogens is 1. The highest BCUT2D eigenvalue weighted by atomic mass is 32.1. The summed E-state index contributed by atoms with van der Waals surface area (Å²) in [4.78, 5) is 33.8. The predicted octanol–water partition coefficient (Wildman–Crippen LogP) is 3.82. The van der Waals surface area contributed by atoms with Gasteiger partial charge >= 0.3 is 6.09 Å². The van der Waals surface area contributed by atoms with Crippen molar-refractivity contribution in [2.45, 2.75) is 32.5 Å². The highest BCUT2D eigenvalue weighted by molar-refractivity contribution is 7.18. The number of benzene rings is 2. The molecule has 2 heterocycles. The van der Waals surface area contributed by atoms with E-state index in [0.29, 0.717) is 13.1 Å². The molecule has 2 atom stereocenters. The minimum absolute atomic E-state index is 0.0889. The Morgan fingerprint density at radius 1 is 1.03 bits per heavy atom. The summed E-state index contributed by atoms with van der Waals surface area (Å²) in [6.07, 6.45) is -0.585. The van der Waals surface area contributed by atoms with E-state index in [-0.39, 0.29) is 18.6 Å². The highest BCUT2D eigenvalue weighted by Crippen LogP contribution is 2.29. The van der Waals surface area contributed by atoms with Crippen LogP contribution in [0.4, 0.5) is 4.79 Å². The van der Waals surface area contributed by atoms with Crippen molar-refractivity contribution in [2.75, 3.05) is 26.2 Å². The number of rotatable bonds is 6. The van der Waals surface area contributed by atoms with E-state index >= 15 is 0 Å².